The van der Waals surface area contributed by atoms with Gasteiger partial charge in [0.1, 0.15) is 0 Å². The van der Waals surface area contributed by atoms with E-state index in [0.717, 1.165) is 16.1 Å². The Morgan fingerprint density at radius 3 is 2.95 bits per heavy atom. The highest BCUT2D eigenvalue weighted by atomic mass is 32.2. The molecule has 1 aromatic rings. The molecule has 0 radical (unpaired) electrons. The van der Waals surface area contributed by atoms with Gasteiger partial charge in [0.25, 0.3) is 0 Å². The fourth-order valence-electron chi connectivity index (χ4n) is 1.96. The Hall–Kier alpha value is -1.53. The molecule has 102 valence electrons. The molecule has 1 aliphatic rings. The van der Waals surface area contributed by atoms with E-state index in [1.165, 1.54) is 11.8 Å². The highest BCUT2D eigenvalue weighted by Gasteiger charge is 2.25. The number of benzene rings is 1. The third-order valence-corrected chi connectivity index (χ3v) is 4.03. The van der Waals surface area contributed by atoms with Crippen molar-refractivity contribution in [2.75, 3.05) is 17.2 Å². The average molecular weight is 280 g/mol. The second-order valence-electron chi connectivity index (χ2n) is 4.49. The standard InChI is InChI=1S/C13H16N2O3S/c1-8(14)9-2-3-10-11(6-9)19-7-12(16)15(10)5-4-13(17)18/h2-3,6,8H,4-5,7,14H2,1H3,(H,17,18). The molecule has 1 amide bonds. The van der Waals surface area contributed by atoms with E-state index in [2.05, 4.69) is 0 Å². The first-order chi connectivity index (χ1) is 8.99. The van der Waals surface area contributed by atoms with Gasteiger partial charge in [-0.25, -0.2) is 0 Å². The number of hydrogen-bond donors (Lipinski definition) is 2. The van der Waals surface area contributed by atoms with E-state index in [1.807, 2.05) is 25.1 Å². The van der Waals surface area contributed by atoms with Crippen LogP contribution < -0.4 is 10.6 Å². The average Bonchev–Trinajstić information content (AvgIpc) is 2.36. The third-order valence-electron chi connectivity index (χ3n) is 3.00. The molecule has 5 nitrogen and oxygen atoms in total. The van der Waals surface area contributed by atoms with Crippen molar-refractivity contribution in [3.8, 4) is 0 Å². The summed E-state index contributed by atoms with van der Waals surface area (Å²) in [6, 6.07) is 5.65. The predicted molar refractivity (Wildman–Crippen MR) is 74.4 cm³/mol. The second-order valence-corrected chi connectivity index (χ2v) is 5.51. The smallest absolute Gasteiger partial charge is 0.305 e. The number of carbonyl (C=O) groups is 2. The Bertz CT molecular complexity index is 517. The summed E-state index contributed by atoms with van der Waals surface area (Å²) in [7, 11) is 0. The zero-order chi connectivity index (χ0) is 14.0. The Morgan fingerprint density at radius 1 is 1.58 bits per heavy atom. The number of aliphatic carboxylic acids is 1. The van der Waals surface area contributed by atoms with Crippen molar-refractivity contribution in [2.24, 2.45) is 5.73 Å². The molecular formula is C13H16N2O3S. The molecule has 0 saturated carbocycles. The molecule has 6 heteroatoms. The van der Waals surface area contributed by atoms with Crippen LogP contribution in [0.15, 0.2) is 23.1 Å². The normalized spacial score (nSPS) is 16.1. The highest BCUT2D eigenvalue weighted by Crippen LogP contribution is 2.36. The van der Waals surface area contributed by atoms with Gasteiger partial charge in [0.2, 0.25) is 5.91 Å². The summed E-state index contributed by atoms with van der Waals surface area (Å²) in [5.41, 5.74) is 7.64. The van der Waals surface area contributed by atoms with Gasteiger partial charge < -0.3 is 15.7 Å². The molecule has 1 aromatic carbocycles. The van der Waals surface area contributed by atoms with E-state index in [0.29, 0.717) is 5.75 Å². The summed E-state index contributed by atoms with van der Waals surface area (Å²) < 4.78 is 0. The maximum Gasteiger partial charge on any atom is 0.305 e. The van der Waals surface area contributed by atoms with Gasteiger partial charge >= 0.3 is 5.97 Å². The number of carboxylic acids is 1. The van der Waals surface area contributed by atoms with E-state index < -0.39 is 5.97 Å². The van der Waals surface area contributed by atoms with Crippen molar-refractivity contribution in [1.82, 2.24) is 0 Å². The highest BCUT2D eigenvalue weighted by molar-refractivity contribution is 8.00. The number of amides is 1. The van der Waals surface area contributed by atoms with Crippen LogP contribution in [-0.4, -0.2) is 29.3 Å². The molecule has 1 unspecified atom stereocenters. The molecular weight excluding hydrogens is 264 g/mol. The predicted octanol–water partition coefficient (Wildman–Crippen LogP) is 1.62. The van der Waals surface area contributed by atoms with Crippen LogP contribution in [0.2, 0.25) is 0 Å². The topological polar surface area (TPSA) is 83.6 Å². The molecule has 1 atom stereocenters. The molecule has 1 heterocycles. The summed E-state index contributed by atoms with van der Waals surface area (Å²) in [5, 5.41) is 8.74. The maximum absolute atomic E-state index is 11.9. The first kappa shape index (κ1) is 13.9. The quantitative estimate of drug-likeness (QED) is 0.875. The lowest BCUT2D eigenvalue weighted by Crippen LogP contribution is -2.37. The summed E-state index contributed by atoms with van der Waals surface area (Å²) in [5.74, 6) is -0.609. The maximum atomic E-state index is 11.9. The van der Waals surface area contributed by atoms with E-state index in [4.69, 9.17) is 10.8 Å². The summed E-state index contributed by atoms with van der Waals surface area (Å²) in [6.45, 7) is 2.11. The minimum Gasteiger partial charge on any atom is -0.481 e. The SMILES string of the molecule is CC(N)c1ccc2c(c1)SCC(=O)N2CCC(=O)O. The van der Waals surface area contributed by atoms with Crippen molar-refractivity contribution in [3.05, 3.63) is 23.8 Å². The number of nitrogens with two attached hydrogens (primary N) is 1. The van der Waals surface area contributed by atoms with Crippen LogP contribution in [0.3, 0.4) is 0 Å². The van der Waals surface area contributed by atoms with Crippen molar-refractivity contribution >= 4 is 29.3 Å². The van der Waals surface area contributed by atoms with Gasteiger partial charge in [-0.2, -0.15) is 0 Å². The largest absolute Gasteiger partial charge is 0.481 e. The van der Waals surface area contributed by atoms with Gasteiger partial charge in [-0.1, -0.05) is 6.07 Å². The van der Waals surface area contributed by atoms with E-state index >= 15 is 0 Å². The molecule has 3 N–H and O–H groups in total. The number of rotatable bonds is 4. The molecule has 0 saturated heterocycles. The Labute approximate surface area is 115 Å². The van der Waals surface area contributed by atoms with Crippen LogP contribution in [0, 0.1) is 0 Å². The molecule has 0 aliphatic carbocycles. The lowest BCUT2D eigenvalue weighted by molar-refractivity contribution is -0.136. The zero-order valence-electron chi connectivity index (χ0n) is 10.6. The summed E-state index contributed by atoms with van der Waals surface area (Å²) in [6.07, 6.45) is -0.0507. The van der Waals surface area contributed by atoms with Crippen molar-refractivity contribution in [2.45, 2.75) is 24.3 Å². The van der Waals surface area contributed by atoms with Gasteiger partial charge in [0, 0.05) is 17.5 Å². The van der Waals surface area contributed by atoms with E-state index in [1.54, 1.807) is 4.90 Å². The van der Waals surface area contributed by atoms with Gasteiger partial charge in [0.05, 0.1) is 17.9 Å². The van der Waals surface area contributed by atoms with Gasteiger partial charge in [-0.05, 0) is 24.6 Å². The lowest BCUT2D eigenvalue weighted by atomic mass is 10.1. The number of nitrogens with zero attached hydrogens (tertiary/aromatic N) is 1. The van der Waals surface area contributed by atoms with Gasteiger partial charge in [-0.15, -0.1) is 11.8 Å². The van der Waals surface area contributed by atoms with Crippen molar-refractivity contribution in [1.29, 1.82) is 0 Å². The van der Waals surface area contributed by atoms with Crippen LogP contribution in [0.5, 0.6) is 0 Å². The van der Waals surface area contributed by atoms with Crippen LogP contribution in [0.4, 0.5) is 5.69 Å². The molecule has 2 rings (SSSR count). The zero-order valence-corrected chi connectivity index (χ0v) is 11.4. The number of hydrogen-bond acceptors (Lipinski definition) is 4. The minimum atomic E-state index is -0.903. The second kappa shape index (κ2) is 5.63. The molecule has 0 bridgehead atoms. The fraction of sp³-hybridized carbons (Fsp3) is 0.385. The number of anilines is 1. The van der Waals surface area contributed by atoms with Crippen LogP contribution in [0.1, 0.15) is 24.9 Å². The van der Waals surface area contributed by atoms with E-state index in [-0.39, 0.29) is 24.9 Å². The number of thioether (sulfide) groups is 1. The summed E-state index contributed by atoms with van der Waals surface area (Å²) >= 11 is 1.47. The molecule has 0 spiro atoms. The Kier molecular flexibility index (Phi) is 4.11. The Balaban J connectivity index is 2.28. The van der Waals surface area contributed by atoms with Crippen molar-refractivity contribution < 1.29 is 14.7 Å². The monoisotopic (exact) mass is 280 g/mol. The van der Waals surface area contributed by atoms with Crippen LogP contribution in [0.25, 0.3) is 0 Å². The third kappa shape index (κ3) is 3.08. The first-order valence-electron chi connectivity index (χ1n) is 6.03. The van der Waals surface area contributed by atoms with Crippen molar-refractivity contribution in [3.63, 3.8) is 0 Å². The van der Waals surface area contributed by atoms with Crippen LogP contribution >= 0.6 is 11.8 Å². The molecule has 0 aromatic heterocycles. The van der Waals surface area contributed by atoms with Gasteiger partial charge in [0.15, 0.2) is 0 Å². The molecule has 0 fully saturated rings. The lowest BCUT2D eigenvalue weighted by Gasteiger charge is -2.29. The summed E-state index contributed by atoms with van der Waals surface area (Å²) in [4.78, 5) is 25.1. The number of fused-ring (bicyclic) bond motifs is 1. The molecule has 19 heavy (non-hydrogen) atoms. The fourth-order valence-corrected chi connectivity index (χ4v) is 2.94. The van der Waals surface area contributed by atoms with E-state index in [9.17, 15) is 9.59 Å². The Morgan fingerprint density at radius 2 is 2.32 bits per heavy atom. The van der Waals surface area contributed by atoms with Crippen LogP contribution in [-0.2, 0) is 9.59 Å². The minimum absolute atomic E-state index is 0.0488. The van der Waals surface area contributed by atoms with Gasteiger partial charge in [-0.3, -0.25) is 9.59 Å². The first-order valence-corrected chi connectivity index (χ1v) is 7.02. The molecule has 1 aliphatic heterocycles. The number of carboxylic acid groups (broad SMARTS) is 1. The number of carbonyl (C=O) groups excluding carboxylic acids is 1.